The molecule has 2 bridgehead atoms. The number of rotatable bonds is 2. The number of hydrogen-bond donors (Lipinski definition) is 0. The number of hydrogen-bond acceptors (Lipinski definition) is 0. The van der Waals surface area contributed by atoms with Crippen LogP contribution in [0, 0.1) is 0 Å². The SMILES string of the molecule is CCP1c2cc3c(cccc3[cH-]2)-c2ccccc21.[Cl-].[Cl-].[Zr+4].c1ccc(-c2cccc3[cH-]ccc23)cc1. The molecule has 6 aromatic rings. The van der Waals surface area contributed by atoms with Crippen LogP contribution in [0.25, 0.3) is 43.8 Å². The molecule has 1 heterocycles. The minimum atomic E-state index is -0.170. The van der Waals surface area contributed by atoms with Crippen molar-refractivity contribution >= 4 is 40.1 Å². The fraction of sp³-hybridized carbons (Fsp3) is 0.0625. The third kappa shape index (κ3) is 5.18. The molecule has 0 saturated heterocycles. The van der Waals surface area contributed by atoms with Crippen LogP contribution in [-0.2, 0) is 26.2 Å². The average molecular weight is 603 g/mol. The number of benzene rings is 4. The molecule has 0 aliphatic carbocycles. The van der Waals surface area contributed by atoms with Crippen LogP contribution in [0.3, 0.4) is 0 Å². The van der Waals surface area contributed by atoms with Gasteiger partial charge in [0.15, 0.2) is 0 Å². The van der Waals surface area contributed by atoms with Gasteiger partial charge >= 0.3 is 26.2 Å². The van der Waals surface area contributed by atoms with E-state index in [2.05, 4.69) is 128 Å². The maximum absolute atomic E-state index is 2.42. The zero-order valence-electron chi connectivity index (χ0n) is 20.0. The summed E-state index contributed by atoms with van der Waals surface area (Å²) in [5.74, 6) is 0. The number of halogens is 2. The normalized spacial score (nSPS) is 12.9. The van der Waals surface area contributed by atoms with Crippen molar-refractivity contribution in [1.29, 1.82) is 0 Å². The van der Waals surface area contributed by atoms with Gasteiger partial charge in [-0.05, 0) is 22.6 Å². The molecule has 7 rings (SSSR count). The Hall–Kier alpha value is -2.01. The van der Waals surface area contributed by atoms with Gasteiger partial charge in [-0.15, -0.1) is 63.2 Å². The van der Waals surface area contributed by atoms with Gasteiger partial charge in [0, 0.05) is 0 Å². The van der Waals surface area contributed by atoms with E-state index in [1.165, 1.54) is 50.0 Å². The van der Waals surface area contributed by atoms with E-state index in [1.807, 2.05) is 0 Å². The third-order valence-electron chi connectivity index (χ3n) is 6.61. The molecule has 0 amide bonds. The van der Waals surface area contributed by atoms with Gasteiger partial charge in [0.25, 0.3) is 0 Å². The van der Waals surface area contributed by atoms with Crippen LogP contribution >= 0.6 is 7.92 Å². The summed E-state index contributed by atoms with van der Waals surface area (Å²) in [6.45, 7) is 2.31. The Bertz CT molecular complexity index is 1570. The molecule has 36 heavy (non-hydrogen) atoms. The van der Waals surface area contributed by atoms with Crippen molar-refractivity contribution in [2.45, 2.75) is 6.92 Å². The Morgan fingerprint density at radius 1 is 0.639 bits per heavy atom. The van der Waals surface area contributed by atoms with Crippen LogP contribution in [-0.4, -0.2) is 6.16 Å². The first-order valence-electron chi connectivity index (χ1n) is 11.6. The maximum Gasteiger partial charge on any atom is 4.00 e. The molecule has 6 aromatic carbocycles. The van der Waals surface area contributed by atoms with E-state index in [4.69, 9.17) is 0 Å². The van der Waals surface area contributed by atoms with Gasteiger partial charge in [-0.2, -0.15) is 18.2 Å². The Labute approximate surface area is 246 Å². The van der Waals surface area contributed by atoms with Crippen molar-refractivity contribution in [3.05, 3.63) is 121 Å². The van der Waals surface area contributed by atoms with Gasteiger partial charge in [-0.25, -0.2) is 0 Å². The predicted molar refractivity (Wildman–Crippen MR) is 147 cm³/mol. The summed E-state index contributed by atoms with van der Waals surface area (Å²) in [5.41, 5.74) is 5.46. The van der Waals surface area contributed by atoms with Crippen LogP contribution in [0.5, 0.6) is 0 Å². The zero-order valence-corrected chi connectivity index (χ0v) is 24.8. The Morgan fingerprint density at radius 2 is 1.31 bits per heavy atom. The van der Waals surface area contributed by atoms with Crippen molar-refractivity contribution in [3.63, 3.8) is 0 Å². The molecule has 1 unspecified atom stereocenters. The van der Waals surface area contributed by atoms with Crippen LogP contribution in [0.1, 0.15) is 6.92 Å². The molecule has 1 aliphatic rings. The minimum absolute atomic E-state index is 0. The summed E-state index contributed by atoms with van der Waals surface area (Å²) in [6, 6.07) is 43.8. The first-order valence-corrected chi connectivity index (χ1v) is 13.1. The fourth-order valence-corrected chi connectivity index (χ4v) is 7.39. The summed E-state index contributed by atoms with van der Waals surface area (Å²) in [5, 5.41) is 8.57. The molecule has 4 heteroatoms. The van der Waals surface area contributed by atoms with E-state index in [0.717, 1.165) is 0 Å². The molecular weight excluding hydrogens is 577 g/mol. The Kier molecular flexibility index (Phi) is 9.91. The summed E-state index contributed by atoms with van der Waals surface area (Å²) in [7, 11) is -0.170. The maximum atomic E-state index is 2.42. The quantitative estimate of drug-likeness (QED) is 0.211. The third-order valence-corrected chi connectivity index (χ3v) is 9.10. The molecule has 0 aromatic heterocycles. The van der Waals surface area contributed by atoms with Crippen molar-refractivity contribution in [2.75, 3.05) is 6.16 Å². The van der Waals surface area contributed by atoms with Gasteiger partial charge < -0.3 is 24.8 Å². The molecule has 0 spiro atoms. The standard InChI is InChI=1S/C17H14P.C15H11.2ClH.Zr/c1-2-18-13-10-12-6-5-8-14(16(12)11-13)15-7-3-4-9-17(15)18;1-2-6-12(7-3-1)14-10-4-8-13-9-5-11-15(13)14;;;/h3-11H,2H2,1H3;1-11H;2*1H;/q2*-1;;;+4/p-2. The van der Waals surface area contributed by atoms with Gasteiger partial charge in [0.05, 0.1) is 0 Å². The molecule has 1 aliphatic heterocycles. The molecule has 0 N–H and O–H groups in total. The molecular formula is C32H25Cl2PZr. The van der Waals surface area contributed by atoms with E-state index < -0.39 is 0 Å². The summed E-state index contributed by atoms with van der Waals surface area (Å²) in [4.78, 5) is 0. The molecule has 0 saturated carbocycles. The smallest absolute Gasteiger partial charge is 1.00 e. The number of fused-ring (bicyclic) bond motifs is 4. The zero-order chi connectivity index (χ0) is 22.2. The van der Waals surface area contributed by atoms with Gasteiger partial charge in [0.2, 0.25) is 0 Å². The Balaban J connectivity index is 0.000000188. The molecule has 176 valence electrons. The van der Waals surface area contributed by atoms with E-state index in [9.17, 15) is 0 Å². The molecule has 0 fully saturated rings. The van der Waals surface area contributed by atoms with Crippen LogP contribution < -0.4 is 35.4 Å². The van der Waals surface area contributed by atoms with E-state index >= 15 is 0 Å². The molecule has 0 nitrogen and oxygen atoms in total. The van der Waals surface area contributed by atoms with E-state index in [0.29, 0.717) is 0 Å². The average Bonchev–Trinajstić information content (AvgIpc) is 3.50. The first-order chi connectivity index (χ1) is 16.3. The largest absolute Gasteiger partial charge is 4.00 e. The van der Waals surface area contributed by atoms with Gasteiger partial charge in [-0.1, -0.05) is 92.7 Å². The summed E-state index contributed by atoms with van der Waals surface area (Å²) >= 11 is 0. The minimum Gasteiger partial charge on any atom is -1.00 e. The van der Waals surface area contributed by atoms with Crippen molar-refractivity contribution in [1.82, 2.24) is 0 Å². The second-order valence-electron chi connectivity index (χ2n) is 8.48. The predicted octanol–water partition coefficient (Wildman–Crippen LogP) is 2.22. The van der Waals surface area contributed by atoms with Crippen molar-refractivity contribution in [2.24, 2.45) is 0 Å². The second-order valence-corrected chi connectivity index (χ2v) is 11.0. The monoisotopic (exact) mass is 600 g/mol. The summed E-state index contributed by atoms with van der Waals surface area (Å²) < 4.78 is 0. The van der Waals surface area contributed by atoms with Crippen LogP contribution in [0.15, 0.2) is 121 Å². The Morgan fingerprint density at radius 3 is 2.08 bits per heavy atom. The van der Waals surface area contributed by atoms with Crippen LogP contribution in [0.4, 0.5) is 0 Å². The summed E-state index contributed by atoms with van der Waals surface area (Å²) in [6.07, 6.45) is 1.23. The van der Waals surface area contributed by atoms with E-state index in [-0.39, 0.29) is 58.9 Å². The second kappa shape index (κ2) is 12.5. The molecule has 1 atom stereocenters. The molecule has 0 radical (unpaired) electrons. The van der Waals surface area contributed by atoms with Gasteiger partial charge in [0.1, 0.15) is 0 Å². The fourth-order valence-electron chi connectivity index (χ4n) is 5.07. The topological polar surface area (TPSA) is 0 Å². The van der Waals surface area contributed by atoms with E-state index in [1.54, 1.807) is 10.6 Å². The van der Waals surface area contributed by atoms with Crippen LogP contribution in [0.2, 0.25) is 0 Å². The van der Waals surface area contributed by atoms with Gasteiger partial charge in [-0.3, -0.25) is 0 Å². The van der Waals surface area contributed by atoms with Crippen molar-refractivity contribution < 1.29 is 51.0 Å². The van der Waals surface area contributed by atoms with Crippen molar-refractivity contribution in [3.8, 4) is 22.3 Å². The first kappa shape index (κ1) is 28.6.